The molecule has 1 N–H and O–H groups in total. The first-order valence-corrected chi connectivity index (χ1v) is 8.68. The number of carbonyl (C=O) groups excluding carboxylic acids is 1. The molecule has 6 heteroatoms. The number of thioether (sulfide) groups is 1. The van der Waals surface area contributed by atoms with Crippen LogP contribution in [-0.2, 0) is 4.79 Å². The second-order valence-electron chi connectivity index (χ2n) is 4.52. The first kappa shape index (κ1) is 15.6. The first-order valence-electron chi connectivity index (χ1n) is 6.41. The number of nitrogens with zero attached hydrogens (tertiary/aromatic N) is 1. The van der Waals surface area contributed by atoms with Crippen molar-refractivity contribution in [2.24, 2.45) is 4.99 Å². The van der Waals surface area contributed by atoms with Crippen molar-refractivity contribution in [1.29, 1.82) is 0 Å². The van der Waals surface area contributed by atoms with Crippen LogP contribution < -0.4 is 5.32 Å². The van der Waals surface area contributed by atoms with Crippen LogP contribution in [0.3, 0.4) is 0 Å². The van der Waals surface area contributed by atoms with Gasteiger partial charge in [-0.25, -0.2) is 4.99 Å². The fourth-order valence-electron chi connectivity index (χ4n) is 1.89. The van der Waals surface area contributed by atoms with Crippen molar-refractivity contribution >= 4 is 68.8 Å². The van der Waals surface area contributed by atoms with Gasteiger partial charge in [0.15, 0.2) is 5.17 Å². The van der Waals surface area contributed by atoms with Crippen molar-refractivity contribution in [2.45, 2.75) is 0 Å². The lowest BCUT2D eigenvalue weighted by Crippen LogP contribution is -2.19. The van der Waals surface area contributed by atoms with Gasteiger partial charge in [0.2, 0.25) is 0 Å². The predicted molar refractivity (Wildman–Crippen MR) is 101 cm³/mol. The van der Waals surface area contributed by atoms with E-state index in [0.717, 1.165) is 14.8 Å². The maximum absolute atomic E-state index is 12.0. The van der Waals surface area contributed by atoms with Gasteiger partial charge in [-0.15, -0.1) is 0 Å². The number of carbonyl (C=O) groups is 1. The zero-order valence-electron chi connectivity index (χ0n) is 11.2. The Morgan fingerprint density at radius 2 is 2.00 bits per heavy atom. The largest absolute Gasteiger partial charge is 0.300 e. The van der Waals surface area contributed by atoms with Crippen molar-refractivity contribution in [3.8, 4) is 0 Å². The molecule has 1 amide bonds. The fourth-order valence-corrected chi connectivity index (χ4v) is 3.46. The maximum Gasteiger partial charge on any atom is 0.264 e. The van der Waals surface area contributed by atoms with Crippen LogP contribution in [0.2, 0.25) is 5.02 Å². The molecule has 1 fully saturated rings. The van der Waals surface area contributed by atoms with Gasteiger partial charge in [-0.2, -0.15) is 0 Å². The number of benzene rings is 2. The second kappa shape index (κ2) is 6.85. The van der Waals surface area contributed by atoms with E-state index in [1.807, 2.05) is 48.5 Å². The molecule has 2 aromatic carbocycles. The molecule has 110 valence electrons. The van der Waals surface area contributed by atoms with E-state index in [2.05, 4.69) is 32.9 Å². The molecule has 0 spiro atoms. The Kier molecular flexibility index (Phi) is 4.85. The van der Waals surface area contributed by atoms with Crippen molar-refractivity contribution < 1.29 is 4.79 Å². The van der Waals surface area contributed by atoms with Crippen molar-refractivity contribution in [3.63, 3.8) is 0 Å². The van der Waals surface area contributed by atoms with Crippen LogP contribution >= 0.6 is 46.0 Å². The SMILES string of the molecule is O=C1NC(=Nc2cccc(I)c2)S/C1=C/c1cccc(Cl)c1. The Morgan fingerprint density at radius 3 is 2.77 bits per heavy atom. The number of nitrogens with one attached hydrogen (secondary N) is 1. The highest BCUT2D eigenvalue weighted by atomic mass is 127. The van der Waals surface area contributed by atoms with Gasteiger partial charge in [0.05, 0.1) is 10.6 Å². The summed E-state index contributed by atoms with van der Waals surface area (Å²) in [6.07, 6.45) is 1.81. The van der Waals surface area contributed by atoms with E-state index in [4.69, 9.17) is 11.6 Å². The summed E-state index contributed by atoms with van der Waals surface area (Å²) < 4.78 is 1.10. The van der Waals surface area contributed by atoms with Crippen molar-refractivity contribution in [3.05, 3.63) is 67.6 Å². The van der Waals surface area contributed by atoms with Gasteiger partial charge in [0.1, 0.15) is 0 Å². The molecule has 0 atom stereocenters. The monoisotopic (exact) mass is 440 g/mol. The summed E-state index contributed by atoms with van der Waals surface area (Å²) in [5.74, 6) is -0.144. The molecule has 1 saturated heterocycles. The molecular formula is C16H10ClIN2OS. The molecule has 1 heterocycles. The van der Waals surface area contributed by atoms with E-state index < -0.39 is 0 Å². The van der Waals surface area contributed by atoms with Crippen LogP contribution in [0, 0.1) is 3.57 Å². The first-order chi connectivity index (χ1) is 10.6. The molecule has 0 unspecified atom stereocenters. The minimum Gasteiger partial charge on any atom is -0.300 e. The number of hydrogen-bond donors (Lipinski definition) is 1. The molecule has 0 saturated carbocycles. The Hall–Kier alpha value is -1.31. The lowest BCUT2D eigenvalue weighted by atomic mass is 10.2. The van der Waals surface area contributed by atoms with Gasteiger partial charge in [-0.05, 0) is 76.3 Å². The Balaban J connectivity index is 1.84. The Morgan fingerprint density at radius 1 is 1.18 bits per heavy atom. The average Bonchev–Trinajstić information content (AvgIpc) is 2.79. The minimum atomic E-state index is -0.144. The van der Waals surface area contributed by atoms with E-state index in [0.29, 0.717) is 15.1 Å². The van der Waals surface area contributed by atoms with Crippen LogP contribution in [0.4, 0.5) is 5.69 Å². The van der Waals surface area contributed by atoms with Crippen molar-refractivity contribution in [1.82, 2.24) is 5.32 Å². The highest BCUT2D eigenvalue weighted by molar-refractivity contribution is 14.1. The predicted octanol–water partition coefficient (Wildman–Crippen LogP) is 4.84. The third-order valence-corrected chi connectivity index (χ3v) is 4.65. The number of hydrogen-bond acceptors (Lipinski definition) is 3. The number of aliphatic imine (C=N–C) groups is 1. The van der Waals surface area contributed by atoms with E-state index in [1.165, 1.54) is 11.8 Å². The normalized spacial score (nSPS) is 18.0. The quantitative estimate of drug-likeness (QED) is 0.536. The average molecular weight is 441 g/mol. The second-order valence-corrected chi connectivity index (χ2v) is 7.23. The number of halogens is 2. The zero-order chi connectivity index (χ0) is 15.5. The molecule has 3 nitrogen and oxygen atoms in total. The molecule has 1 aliphatic rings. The van der Waals surface area contributed by atoms with E-state index in [1.54, 1.807) is 6.07 Å². The van der Waals surface area contributed by atoms with E-state index in [-0.39, 0.29) is 5.91 Å². The van der Waals surface area contributed by atoms with E-state index >= 15 is 0 Å². The van der Waals surface area contributed by atoms with E-state index in [9.17, 15) is 4.79 Å². The smallest absolute Gasteiger partial charge is 0.264 e. The number of amides is 1. The van der Waals surface area contributed by atoms with Crippen LogP contribution in [-0.4, -0.2) is 11.1 Å². The summed E-state index contributed by atoms with van der Waals surface area (Å²) in [6, 6.07) is 15.2. The van der Waals surface area contributed by atoms with Gasteiger partial charge >= 0.3 is 0 Å². The van der Waals surface area contributed by atoms with Gasteiger partial charge in [-0.1, -0.05) is 29.8 Å². The molecule has 2 aromatic rings. The molecule has 3 rings (SSSR count). The molecule has 22 heavy (non-hydrogen) atoms. The zero-order valence-corrected chi connectivity index (χ0v) is 14.9. The van der Waals surface area contributed by atoms with Gasteiger partial charge in [0.25, 0.3) is 5.91 Å². The molecule has 1 aliphatic heterocycles. The number of rotatable bonds is 2. The summed E-state index contributed by atoms with van der Waals surface area (Å²) in [4.78, 5) is 17.1. The lowest BCUT2D eigenvalue weighted by Gasteiger charge is -1.97. The topological polar surface area (TPSA) is 41.5 Å². The van der Waals surface area contributed by atoms with Crippen molar-refractivity contribution in [2.75, 3.05) is 0 Å². The van der Waals surface area contributed by atoms with Gasteiger partial charge in [-0.3, -0.25) is 4.79 Å². The molecule has 0 radical (unpaired) electrons. The summed E-state index contributed by atoms with van der Waals surface area (Å²) in [5, 5.41) is 4.00. The minimum absolute atomic E-state index is 0.144. The third-order valence-electron chi connectivity index (χ3n) is 2.84. The Labute approximate surface area is 151 Å². The number of amidine groups is 1. The third kappa shape index (κ3) is 3.91. The van der Waals surface area contributed by atoms with Gasteiger partial charge in [0, 0.05) is 8.59 Å². The van der Waals surface area contributed by atoms with Crippen LogP contribution in [0.25, 0.3) is 6.08 Å². The lowest BCUT2D eigenvalue weighted by molar-refractivity contribution is -0.115. The molecule has 0 aromatic heterocycles. The summed E-state index contributed by atoms with van der Waals surface area (Å²) in [5.41, 5.74) is 1.71. The maximum atomic E-state index is 12.0. The summed E-state index contributed by atoms with van der Waals surface area (Å²) in [7, 11) is 0. The Bertz CT molecular complexity index is 804. The van der Waals surface area contributed by atoms with Crippen LogP contribution in [0.1, 0.15) is 5.56 Å². The van der Waals surface area contributed by atoms with Gasteiger partial charge < -0.3 is 5.32 Å². The fraction of sp³-hybridized carbons (Fsp3) is 0. The summed E-state index contributed by atoms with van der Waals surface area (Å²) >= 11 is 9.51. The van der Waals surface area contributed by atoms with Crippen LogP contribution in [0.5, 0.6) is 0 Å². The highest BCUT2D eigenvalue weighted by Gasteiger charge is 2.23. The standard InChI is InChI=1S/C16H10ClIN2OS/c17-11-4-1-3-10(7-11)8-14-15(21)20-16(22-14)19-13-6-2-5-12(18)9-13/h1-9H,(H,19,20,21)/b14-8+. The molecule has 0 aliphatic carbocycles. The molecule has 0 bridgehead atoms. The molecular weight excluding hydrogens is 431 g/mol. The van der Waals surface area contributed by atoms with Crippen LogP contribution in [0.15, 0.2) is 58.4 Å². The highest BCUT2D eigenvalue weighted by Crippen LogP contribution is 2.28. The summed E-state index contributed by atoms with van der Waals surface area (Å²) in [6.45, 7) is 0.